The van der Waals surface area contributed by atoms with Crippen LogP contribution in [0.5, 0.6) is 0 Å². The van der Waals surface area contributed by atoms with E-state index in [-0.39, 0.29) is 13.1 Å². The summed E-state index contributed by atoms with van der Waals surface area (Å²) >= 11 is 0. The topological polar surface area (TPSA) is 40.5 Å². The molecule has 1 N–H and O–H groups in total. The number of nitrogens with zero attached hydrogens (tertiary/aromatic N) is 1. The molecule has 0 heterocycles. The normalized spacial score (nSPS) is 15.6. The number of carboxylic acids is 1. The summed E-state index contributed by atoms with van der Waals surface area (Å²) in [4.78, 5) is 12.5. The zero-order valence-electron chi connectivity index (χ0n) is 10.9. The third-order valence-corrected chi connectivity index (χ3v) is 3.23. The van der Waals surface area contributed by atoms with Crippen LogP contribution in [0.4, 0.5) is 13.2 Å². The third kappa shape index (κ3) is 4.52. The maximum atomic E-state index is 12.6. The molecule has 1 aliphatic carbocycles. The van der Waals surface area contributed by atoms with Gasteiger partial charge in [-0.3, -0.25) is 9.69 Å². The van der Waals surface area contributed by atoms with Crippen molar-refractivity contribution in [3.05, 3.63) is 35.4 Å². The van der Waals surface area contributed by atoms with E-state index in [1.165, 1.54) is 6.07 Å². The Morgan fingerprint density at radius 3 is 2.60 bits per heavy atom. The van der Waals surface area contributed by atoms with Gasteiger partial charge in [-0.15, -0.1) is 0 Å². The maximum absolute atomic E-state index is 12.6. The summed E-state index contributed by atoms with van der Waals surface area (Å²) in [5.41, 5.74) is -0.210. The number of carboxylic acid groups (broad SMARTS) is 1. The predicted octanol–water partition coefficient (Wildman–Crippen LogP) is 3.00. The summed E-state index contributed by atoms with van der Waals surface area (Å²) in [5.74, 6) is -0.474. The molecule has 20 heavy (non-hydrogen) atoms. The molecule has 0 aromatic heterocycles. The van der Waals surface area contributed by atoms with E-state index in [2.05, 4.69) is 0 Å². The highest BCUT2D eigenvalue weighted by atomic mass is 19.4. The number of benzene rings is 1. The number of aliphatic carboxylic acids is 1. The van der Waals surface area contributed by atoms with Crippen LogP contribution in [0.15, 0.2) is 24.3 Å². The first-order valence-corrected chi connectivity index (χ1v) is 6.45. The van der Waals surface area contributed by atoms with Crippen molar-refractivity contribution in [1.29, 1.82) is 0 Å². The van der Waals surface area contributed by atoms with Crippen molar-refractivity contribution in [3.8, 4) is 0 Å². The van der Waals surface area contributed by atoms with Crippen LogP contribution >= 0.6 is 0 Å². The van der Waals surface area contributed by atoms with E-state index >= 15 is 0 Å². The average molecular weight is 287 g/mol. The van der Waals surface area contributed by atoms with Gasteiger partial charge < -0.3 is 5.11 Å². The SMILES string of the molecule is O=C(O)CN(Cc1cccc(C(F)(F)F)c1)CC1CC1. The number of rotatable bonds is 6. The molecular weight excluding hydrogens is 271 g/mol. The Kier molecular flexibility index (Phi) is 4.32. The molecule has 1 fully saturated rings. The lowest BCUT2D eigenvalue weighted by molar-refractivity contribution is -0.139. The van der Waals surface area contributed by atoms with Crippen LogP contribution in [-0.2, 0) is 17.5 Å². The monoisotopic (exact) mass is 287 g/mol. The molecule has 0 radical (unpaired) electrons. The third-order valence-electron chi connectivity index (χ3n) is 3.23. The van der Waals surface area contributed by atoms with Crippen LogP contribution < -0.4 is 0 Å². The van der Waals surface area contributed by atoms with E-state index in [9.17, 15) is 18.0 Å². The van der Waals surface area contributed by atoms with Gasteiger partial charge in [-0.2, -0.15) is 13.2 Å². The second-order valence-corrected chi connectivity index (χ2v) is 5.20. The Hall–Kier alpha value is -1.56. The maximum Gasteiger partial charge on any atom is 0.416 e. The van der Waals surface area contributed by atoms with Crippen molar-refractivity contribution < 1.29 is 23.1 Å². The molecule has 0 aliphatic heterocycles. The molecule has 1 aromatic carbocycles. The molecular formula is C14H16F3NO2. The summed E-state index contributed by atoms with van der Waals surface area (Å²) in [6, 6.07) is 5.05. The molecule has 0 spiro atoms. The second-order valence-electron chi connectivity index (χ2n) is 5.20. The highest BCUT2D eigenvalue weighted by Gasteiger charge is 2.31. The number of hydrogen-bond donors (Lipinski definition) is 1. The van der Waals surface area contributed by atoms with Gasteiger partial charge in [0.25, 0.3) is 0 Å². The van der Waals surface area contributed by atoms with E-state index in [0.29, 0.717) is 18.0 Å². The average Bonchev–Trinajstić information content (AvgIpc) is 3.11. The highest BCUT2D eigenvalue weighted by molar-refractivity contribution is 5.69. The van der Waals surface area contributed by atoms with E-state index in [0.717, 1.165) is 25.0 Å². The fourth-order valence-corrected chi connectivity index (χ4v) is 2.15. The molecule has 1 aromatic rings. The Morgan fingerprint density at radius 2 is 2.05 bits per heavy atom. The molecule has 0 amide bonds. The van der Waals surface area contributed by atoms with Gasteiger partial charge in [-0.1, -0.05) is 18.2 Å². The van der Waals surface area contributed by atoms with Crippen molar-refractivity contribution in [2.45, 2.75) is 25.6 Å². The van der Waals surface area contributed by atoms with Crippen LogP contribution in [0.2, 0.25) is 0 Å². The molecule has 6 heteroatoms. The van der Waals surface area contributed by atoms with E-state index in [1.807, 2.05) is 0 Å². The van der Waals surface area contributed by atoms with Crippen molar-refractivity contribution in [1.82, 2.24) is 4.90 Å². The van der Waals surface area contributed by atoms with Crippen LogP contribution in [0.3, 0.4) is 0 Å². The minimum atomic E-state index is -4.37. The summed E-state index contributed by atoms with van der Waals surface area (Å²) in [6.45, 7) is 0.710. The summed E-state index contributed by atoms with van der Waals surface area (Å²) in [6.07, 6.45) is -2.23. The van der Waals surface area contributed by atoms with Gasteiger partial charge in [0.2, 0.25) is 0 Å². The number of alkyl halides is 3. The fraction of sp³-hybridized carbons (Fsp3) is 0.500. The lowest BCUT2D eigenvalue weighted by atomic mass is 10.1. The Balaban J connectivity index is 2.06. The van der Waals surface area contributed by atoms with Gasteiger partial charge in [-0.05, 0) is 30.4 Å². The van der Waals surface area contributed by atoms with Crippen LogP contribution in [0, 0.1) is 5.92 Å². The van der Waals surface area contributed by atoms with Crippen molar-refractivity contribution >= 4 is 5.97 Å². The number of hydrogen-bond acceptors (Lipinski definition) is 2. The molecule has 0 bridgehead atoms. The first-order valence-electron chi connectivity index (χ1n) is 6.45. The van der Waals surface area contributed by atoms with Crippen LogP contribution in [0.25, 0.3) is 0 Å². The number of halogens is 3. The zero-order chi connectivity index (χ0) is 14.8. The van der Waals surface area contributed by atoms with Gasteiger partial charge in [0.1, 0.15) is 0 Å². The second kappa shape index (κ2) is 5.83. The molecule has 0 atom stereocenters. The minimum absolute atomic E-state index is 0.146. The quantitative estimate of drug-likeness (QED) is 0.874. The summed E-state index contributed by atoms with van der Waals surface area (Å²) in [5, 5.41) is 8.86. The zero-order valence-corrected chi connectivity index (χ0v) is 10.9. The first-order chi connectivity index (χ1) is 9.34. The van der Waals surface area contributed by atoms with Gasteiger partial charge in [0, 0.05) is 13.1 Å². The Bertz CT molecular complexity index is 484. The van der Waals surface area contributed by atoms with Gasteiger partial charge >= 0.3 is 12.1 Å². The summed E-state index contributed by atoms with van der Waals surface area (Å²) < 4.78 is 37.9. The lowest BCUT2D eigenvalue weighted by Crippen LogP contribution is -2.31. The van der Waals surface area contributed by atoms with Crippen LogP contribution in [-0.4, -0.2) is 29.1 Å². The smallest absolute Gasteiger partial charge is 0.416 e. The molecule has 1 saturated carbocycles. The highest BCUT2D eigenvalue weighted by Crippen LogP contribution is 2.31. The number of carbonyl (C=O) groups is 1. The van der Waals surface area contributed by atoms with Gasteiger partial charge in [0.05, 0.1) is 12.1 Å². The van der Waals surface area contributed by atoms with Crippen LogP contribution in [0.1, 0.15) is 24.0 Å². The van der Waals surface area contributed by atoms with Gasteiger partial charge in [-0.25, -0.2) is 0 Å². The molecule has 3 nitrogen and oxygen atoms in total. The lowest BCUT2D eigenvalue weighted by Gasteiger charge is -2.20. The van der Waals surface area contributed by atoms with Crippen molar-refractivity contribution in [2.75, 3.05) is 13.1 Å². The standard InChI is InChI=1S/C14H16F3NO2/c15-14(16,17)12-3-1-2-11(6-12)8-18(9-13(19)20)7-10-4-5-10/h1-3,6,10H,4-5,7-9H2,(H,19,20). The molecule has 110 valence electrons. The first kappa shape index (κ1) is 14.8. The van der Waals surface area contributed by atoms with Crippen molar-refractivity contribution in [2.24, 2.45) is 5.92 Å². The molecule has 2 rings (SSSR count). The Morgan fingerprint density at radius 1 is 1.35 bits per heavy atom. The van der Waals surface area contributed by atoms with Crippen molar-refractivity contribution in [3.63, 3.8) is 0 Å². The van der Waals surface area contributed by atoms with E-state index in [1.54, 1.807) is 11.0 Å². The molecule has 1 aliphatic rings. The molecule has 0 saturated heterocycles. The van der Waals surface area contributed by atoms with Gasteiger partial charge in [0.15, 0.2) is 0 Å². The summed E-state index contributed by atoms with van der Waals surface area (Å²) in [7, 11) is 0. The Labute approximate surface area is 115 Å². The van der Waals surface area contributed by atoms with E-state index in [4.69, 9.17) is 5.11 Å². The fourth-order valence-electron chi connectivity index (χ4n) is 2.15. The minimum Gasteiger partial charge on any atom is -0.480 e. The van der Waals surface area contributed by atoms with E-state index < -0.39 is 17.7 Å². The largest absolute Gasteiger partial charge is 0.480 e. The molecule has 0 unspecified atom stereocenters. The predicted molar refractivity (Wildman–Crippen MR) is 67.1 cm³/mol.